The molecule has 1 unspecified atom stereocenters. The third-order valence-corrected chi connectivity index (χ3v) is 6.67. The highest BCUT2D eigenvalue weighted by Gasteiger charge is 2.36. The number of carbonyl (C=O) groups excluding carboxylic acids is 1. The summed E-state index contributed by atoms with van der Waals surface area (Å²) in [6, 6.07) is 4.45. The van der Waals surface area contributed by atoms with Gasteiger partial charge in [0.15, 0.2) is 0 Å². The van der Waals surface area contributed by atoms with Gasteiger partial charge in [0.1, 0.15) is 6.04 Å². The molecule has 5 nitrogen and oxygen atoms in total. The van der Waals surface area contributed by atoms with Crippen LogP contribution in [-0.4, -0.2) is 43.5 Å². The Morgan fingerprint density at radius 3 is 2.63 bits per heavy atom. The number of carbonyl (C=O) groups is 1. The summed E-state index contributed by atoms with van der Waals surface area (Å²) < 4.78 is 65.1. The summed E-state index contributed by atoms with van der Waals surface area (Å²) in [5.74, 6) is -0.464. The first-order valence-corrected chi connectivity index (χ1v) is 10.7. The van der Waals surface area contributed by atoms with E-state index in [2.05, 4.69) is 5.32 Å². The number of hydrogen-bond acceptors (Lipinski definition) is 3. The molecule has 1 atom stereocenters. The fourth-order valence-electron chi connectivity index (χ4n) is 3.33. The molecule has 1 aromatic rings. The second-order valence-electron chi connectivity index (χ2n) is 6.63. The van der Waals surface area contributed by atoms with Crippen LogP contribution < -0.4 is 5.32 Å². The van der Waals surface area contributed by atoms with Crippen LogP contribution in [0.15, 0.2) is 24.3 Å². The highest BCUT2D eigenvalue weighted by atomic mass is 32.2. The predicted octanol–water partition coefficient (Wildman–Crippen LogP) is 2.96. The molecule has 1 aliphatic rings. The smallest absolute Gasteiger partial charge is 0.354 e. The molecule has 0 radical (unpaired) electrons. The van der Waals surface area contributed by atoms with Crippen molar-refractivity contribution >= 4 is 15.9 Å². The molecule has 1 aliphatic heterocycles. The van der Waals surface area contributed by atoms with Crippen molar-refractivity contribution in [2.75, 3.05) is 18.8 Å². The maximum absolute atomic E-state index is 13.0. The van der Waals surface area contributed by atoms with Crippen molar-refractivity contribution in [2.45, 2.75) is 51.2 Å². The topological polar surface area (TPSA) is 66.5 Å². The fourth-order valence-corrected chi connectivity index (χ4v) is 5.07. The summed E-state index contributed by atoms with van der Waals surface area (Å²) in [7, 11) is -3.51. The normalized spacial score (nSPS) is 19.0. The first kappa shape index (κ1) is 21.7. The van der Waals surface area contributed by atoms with Crippen molar-refractivity contribution in [1.82, 2.24) is 9.62 Å². The van der Waals surface area contributed by atoms with Crippen LogP contribution in [0.2, 0.25) is 0 Å². The third-order valence-electron chi connectivity index (χ3n) is 4.59. The number of hydrogen-bond donors (Lipinski definition) is 1. The number of nitrogens with zero attached hydrogens (tertiary/aromatic N) is 1. The number of benzene rings is 1. The molecule has 2 rings (SSSR count). The van der Waals surface area contributed by atoms with Gasteiger partial charge < -0.3 is 5.32 Å². The summed E-state index contributed by atoms with van der Waals surface area (Å²) >= 11 is 0. The van der Waals surface area contributed by atoms with E-state index in [1.807, 2.05) is 0 Å². The van der Waals surface area contributed by atoms with Crippen molar-refractivity contribution in [3.05, 3.63) is 35.4 Å². The summed E-state index contributed by atoms with van der Waals surface area (Å²) in [5.41, 5.74) is -0.617. The first-order valence-electron chi connectivity index (χ1n) is 9.09. The lowest BCUT2D eigenvalue weighted by Gasteiger charge is -2.33. The lowest BCUT2D eigenvalue weighted by atomic mass is 10.0. The average Bonchev–Trinajstić information content (AvgIpc) is 2.61. The summed E-state index contributed by atoms with van der Waals surface area (Å²) in [6.07, 6.45) is -2.10. The first-order chi connectivity index (χ1) is 12.7. The Morgan fingerprint density at radius 2 is 1.96 bits per heavy atom. The zero-order valence-corrected chi connectivity index (χ0v) is 16.1. The van der Waals surface area contributed by atoms with Crippen LogP contribution in [0.4, 0.5) is 13.2 Å². The largest absolute Gasteiger partial charge is 0.416 e. The van der Waals surface area contributed by atoms with Crippen LogP contribution in [-0.2, 0) is 27.4 Å². The monoisotopic (exact) mass is 406 g/mol. The molecule has 1 fully saturated rings. The van der Waals surface area contributed by atoms with Crippen LogP contribution in [0.5, 0.6) is 0 Å². The third kappa shape index (κ3) is 5.68. The fraction of sp³-hybridized carbons (Fsp3) is 0.611. The molecule has 1 amide bonds. The molecular weight excluding hydrogens is 381 g/mol. The van der Waals surface area contributed by atoms with Crippen LogP contribution in [0, 0.1) is 0 Å². The van der Waals surface area contributed by atoms with E-state index in [0.717, 1.165) is 12.5 Å². The van der Waals surface area contributed by atoms with Gasteiger partial charge in [-0.3, -0.25) is 4.79 Å². The Hall–Kier alpha value is -1.61. The summed E-state index contributed by atoms with van der Waals surface area (Å²) in [4.78, 5) is 12.5. The summed E-state index contributed by atoms with van der Waals surface area (Å²) in [5, 5.41) is 2.61. The van der Waals surface area contributed by atoms with Crippen molar-refractivity contribution in [1.29, 1.82) is 0 Å². The molecule has 1 heterocycles. The molecule has 0 aliphatic carbocycles. The minimum Gasteiger partial charge on any atom is -0.354 e. The second kappa shape index (κ2) is 9.05. The molecule has 0 aromatic heterocycles. The van der Waals surface area contributed by atoms with E-state index in [4.69, 9.17) is 0 Å². The second-order valence-corrected chi connectivity index (χ2v) is 8.68. The Balaban J connectivity index is 2.01. The quantitative estimate of drug-likeness (QED) is 0.757. The minimum atomic E-state index is -4.45. The zero-order chi connectivity index (χ0) is 20.1. The predicted molar refractivity (Wildman–Crippen MR) is 96.6 cm³/mol. The Kier molecular flexibility index (Phi) is 7.27. The van der Waals surface area contributed by atoms with Crippen LogP contribution in [0.1, 0.15) is 43.7 Å². The number of alkyl halides is 3. The van der Waals surface area contributed by atoms with Gasteiger partial charge in [-0.05, 0) is 37.3 Å². The Bertz CT molecular complexity index is 750. The zero-order valence-electron chi connectivity index (χ0n) is 15.3. The van der Waals surface area contributed by atoms with Crippen molar-refractivity contribution in [2.24, 2.45) is 0 Å². The SMILES string of the molecule is CCCS(=O)(=O)N1CCCCC1C(=O)NCCc1ccccc1C(F)(F)F. The number of rotatable bonds is 7. The maximum Gasteiger partial charge on any atom is 0.416 e. The molecule has 0 bridgehead atoms. The van der Waals surface area contributed by atoms with Gasteiger partial charge in [-0.2, -0.15) is 17.5 Å². The molecule has 1 N–H and O–H groups in total. The van der Waals surface area contributed by atoms with Crippen LogP contribution >= 0.6 is 0 Å². The van der Waals surface area contributed by atoms with E-state index in [1.54, 1.807) is 6.92 Å². The maximum atomic E-state index is 13.0. The summed E-state index contributed by atoms with van der Waals surface area (Å²) in [6.45, 7) is 2.08. The minimum absolute atomic E-state index is 0.0179. The number of piperidine rings is 1. The van der Waals surface area contributed by atoms with Gasteiger partial charge in [0, 0.05) is 13.1 Å². The van der Waals surface area contributed by atoms with E-state index >= 15 is 0 Å². The Morgan fingerprint density at radius 1 is 1.26 bits per heavy atom. The average molecular weight is 406 g/mol. The number of halogens is 3. The van der Waals surface area contributed by atoms with E-state index < -0.39 is 33.7 Å². The highest BCUT2D eigenvalue weighted by Crippen LogP contribution is 2.32. The lowest BCUT2D eigenvalue weighted by Crippen LogP contribution is -2.52. The molecule has 0 saturated carbocycles. The van der Waals surface area contributed by atoms with Crippen molar-refractivity contribution in [3.8, 4) is 0 Å². The van der Waals surface area contributed by atoms with Gasteiger partial charge in [0.2, 0.25) is 15.9 Å². The van der Waals surface area contributed by atoms with Crippen molar-refractivity contribution < 1.29 is 26.4 Å². The van der Waals surface area contributed by atoms with Gasteiger partial charge >= 0.3 is 6.18 Å². The van der Waals surface area contributed by atoms with Gasteiger partial charge in [0.05, 0.1) is 11.3 Å². The lowest BCUT2D eigenvalue weighted by molar-refractivity contribution is -0.138. The number of nitrogens with one attached hydrogen (secondary N) is 1. The molecule has 27 heavy (non-hydrogen) atoms. The highest BCUT2D eigenvalue weighted by molar-refractivity contribution is 7.89. The van der Waals surface area contributed by atoms with E-state index in [1.165, 1.54) is 22.5 Å². The molecular formula is C18H25F3N2O3S. The van der Waals surface area contributed by atoms with Crippen LogP contribution in [0.25, 0.3) is 0 Å². The van der Waals surface area contributed by atoms with E-state index in [-0.39, 0.29) is 24.3 Å². The van der Waals surface area contributed by atoms with Crippen LogP contribution in [0.3, 0.4) is 0 Å². The Labute approximate surface area is 158 Å². The van der Waals surface area contributed by atoms with Gasteiger partial charge in [-0.25, -0.2) is 8.42 Å². The van der Waals surface area contributed by atoms with E-state index in [0.29, 0.717) is 25.8 Å². The number of amides is 1. The van der Waals surface area contributed by atoms with E-state index in [9.17, 15) is 26.4 Å². The molecule has 1 saturated heterocycles. The van der Waals surface area contributed by atoms with Gasteiger partial charge in [-0.1, -0.05) is 31.5 Å². The molecule has 0 spiro atoms. The molecule has 9 heteroatoms. The standard InChI is InChI=1S/C18H25F3N2O3S/c1-2-13-27(25,26)23-12-6-5-9-16(23)17(24)22-11-10-14-7-3-4-8-15(14)18(19,20)21/h3-4,7-8,16H,2,5-6,9-13H2,1H3,(H,22,24). The van der Waals surface area contributed by atoms with Gasteiger partial charge in [-0.15, -0.1) is 0 Å². The molecule has 1 aromatic carbocycles. The van der Waals surface area contributed by atoms with Crippen molar-refractivity contribution in [3.63, 3.8) is 0 Å². The van der Waals surface area contributed by atoms with Gasteiger partial charge in [0.25, 0.3) is 0 Å². The molecule has 152 valence electrons. The number of sulfonamides is 1.